The molecular weight excluding hydrogens is 345 g/mol. The van der Waals surface area contributed by atoms with E-state index in [1.165, 1.54) is 17.7 Å². The van der Waals surface area contributed by atoms with Crippen LogP contribution in [-0.4, -0.2) is 47.0 Å². The SMILES string of the molecule is O=C(c1cc(-c2ccccc2F)no1)N1CCN(Cc2ccccc2)CC1. The predicted molar refractivity (Wildman–Crippen MR) is 99.5 cm³/mol. The average Bonchev–Trinajstić information content (AvgIpc) is 3.19. The highest BCUT2D eigenvalue weighted by molar-refractivity contribution is 5.92. The van der Waals surface area contributed by atoms with E-state index >= 15 is 0 Å². The highest BCUT2D eigenvalue weighted by atomic mass is 19.1. The summed E-state index contributed by atoms with van der Waals surface area (Å²) in [5, 5.41) is 3.86. The van der Waals surface area contributed by atoms with Gasteiger partial charge in [0, 0.05) is 44.4 Å². The molecule has 6 heteroatoms. The van der Waals surface area contributed by atoms with E-state index in [0.29, 0.717) is 24.3 Å². The summed E-state index contributed by atoms with van der Waals surface area (Å²) in [6.45, 7) is 3.73. The molecule has 1 saturated heterocycles. The lowest BCUT2D eigenvalue weighted by Gasteiger charge is -2.34. The number of rotatable bonds is 4. The lowest BCUT2D eigenvalue weighted by Crippen LogP contribution is -2.48. The van der Waals surface area contributed by atoms with Gasteiger partial charge >= 0.3 is 0 Å². The molecule has 138 valence electrons. The standard InChI is InChI=1S/C21H20FN3O2/c22-18-9-5-4-8-17(18)19-14-20(27-23-19)21(26)25-12-10-24(11-13-25)15-16-6-2-1-3-7-16/h1-9,14H,10-13,15H2. The van der Waals surface area contributed by atoms with Crippen molar-refractivity contribution in [2.75, 3.05) is 26.2 Å². The Labute approximate surface area is 157 Å². The third-order valence-electron chi connectivity index (χ3n) is 4.78. The first-order valence-corrected chi connectivity index (χ1v) is 8.98. The Kier molecular flexibility index (Phi) is 4.98. The molecule has 3 aromatic rings. The molecule has 2 aromatic carbocycles. The number of hydrogen-bond donors (Lipinski definition) is 0. The van der Waals surface area contributed by atoms with Crippen LogP contribution >= 0.6 is 0 Å². The Morgan fingerprint density at radius 3 is 2.44 bits per heavy atom. The minimum atomic E-state index is -0.390. The van der Waals surface area contributed by atoms with Crippen LogP contribution in [0.15, 0.2) is 65.2 Å². The van der Waals surface area contributed by atoms with Gasteiger partial charge in [-0.05, 0) is 17.7 Å². The fraction of sp³-hybridized carbons (Fsp3) is 0.238. The molecule has 1 aliphatic heterocycles. The van der Waals surface area contributed by atoms with Crippen molar-refractivity contribution < 1.29 is 13.7 Å². The maximum Gasteiger partial charge on any atom is 0.292 e. The van der Waals surface area contributed by atoms with E-state index in [1.807, 2.05) is 18.2 Å². The van der Waals surface area contributed by atoms with Gasteiger partial charge in [0.25, 0.3) is 5.91 Å². The molecule has 0 radical (unpaired) electrons. The first kappa shape index (κ1) is 17.4. The average molecular weight is 365 g/mol. The Hall–Kier alpha value is -2.99. The van der Waals surface area contributed by atoms with Crippen LogP contribution < -0.4 is 0 Å². The predicted octanol–water partition coefficient (Wildman–Crippen LogP) is 3.44. The molecule has 1 aromatic heterocycles. The Morgan fingerprint density at radius 2 is 1.70 bits per heavy atom. The Morgan fingerprint density at radius 1 is 1.00 bits per heavy atom. The summed E-state index contributed by atoms with van der Waals surface area (Å²) in [4.78, 5) is 16.8. The van der Waals surface area contributed by atoms with Crippen molar-refractivity contribution in [3.8, 4) is 11.3 Å². The van der Waals surface area contributed by atoms with Crippen molar-refractivity contribution in [3.05, 3.63) is 77.8 Å². The zero-order valence-electron chi connectivity index (χ0n) is 14.8. The number of benzene rings is 2. The van der Waals surface area contributed by atoms with Gasteiger partial charge in [-0.25, -0.2) is 4.39 Å². The van der Waals surface area contributed by atoms with Crippen molar-refractivity contribution >= 4 is 5.91 Å². The third kappa shape index (κ3) is 3.90. The van der Waals surface area contributed by atoms with Crippen molar-refractivity contribution in [3.63, 3.8) is 0 Å². The minimum Gasteiger partial charge on any atom is -0.350 e. The molecule has 1 aliphatic rings. The van der Waals surface area contributed by atoms with Gasteiger partial charge in [-0.15, -0.1) is 0 Å². The van der Waals surface area contributed by atoms with Crippen molar-refractivity contribution in [1.82, 2.24) is 15.0 Å². The van der Waals surface area contributed by atoms with Gasteiger partial charge in [0.05, 0.1) is 0 Å². The lowest BCUT2D eigenvalue weighted by atomic mass is 10.1. The highest BCUT2D eigenvalue weighted by Gasteiger charge is 2.25. The van der Waals surface area contributed by atoms with Gasteiger partial charge in [0.1, 0.15) is 11.5 Å². The maximum atomic E-state index is 13.9. The van der Waals surface area contributed by atoms with Crippen LogP contribution in [0.3, 0.4) is 0 Å². The van der Waals surface area contributed by atoms with E-state index in [0.717, 1.165) is 19.6 Å². The zero-order chi connectivity index (χ0) is 18.6. The van der Waals surface area contributed by atoms with E-state index in [9.17, 15) is 9.18 Å². The summed E-state index contributed by atoms with van der Waals surface area (Å²) in [6, 6.07) is 18.1. The van der Waals surface area contributed by atoms with E-state index < -0.39 is 0 Å². The van der Waals surface area contributed by atoms with Crippen molar-refractivity contribution in [2.24, 2.45) is 0 Å². The van der Waals surface area contributed by atoms with Crippen LogP contribution in [0.1, 0.15) is 16.1 Å². The fourth-order valence-corrected chi connectivity index (χ4v) is 3.28. The largest absolute Gasteiger partial charge is 0.350 e. The first-order chi connectivity index (χ1) is 13.2. The van der Waals surface area contributed by atoms with Gasteiger partial charge < -0.3 is 9.42 Å². The number of piperazine rings is 1. The topological polar surface area (TPSA) is 49.6 Å². The molecule has 1 fully saturated rings. The van der Waals surface area contributed by atoms with Crippen LogP contribution in [0.2, 0.25) is 0 Å². The van der Waals surface area contributed by atoms with Gasteiger partial charge in [-0.1, -0.05) is 47.6 Å². The zero-order valence-corrected chi connectivity index (χ0v) is 14.8. The quantitative estimate of drug-likeness (QED) is 0.711. The van der Waals surface area contributed by atoms with Crippen LogP contribution in [0.4, 0.5) is 4.39 Å². The lowest BCUT2D eigenvalue weighted by molar-refractivity contribution is 0.0589. The smallest absolute Gasteiger partial charge is 0.292 e. The Bertz CT molecular complexity index is 918. The van der Waals surface area contributed by atoms with Crippen LogP contribution in [-0.2, 0) is 6.54 Å². The normalized spacial score (nSPS) is 15.1. The molecule has 0 unspecified atom stereocenters. The summed E-state index contributed by atoms with van der Waals surface area (Å²) in [6.07, 6.45) is 0. The Balaban J connectivity index is 1.38. The van der Waals surface area contributed by atoms with Crippen LogP contribution in [0.5, 0.6) is 0 Å². The molecule has 0 atom stereocenters. The van der Waals surface area contributed by atoms with E-state index in [4.69, 9.17) is 4.52 Å². The molecule has 0 bridgehead atoms. The van der Waals surface area contributed by atoms with Gasteiger partial charge in [0.15, 0.2) is 0 Å². The molecule has 0 spiro atoms. The number of nitrogens with zero attached hydrogens (tertiary/aromatic N) is 3. The second kappa shape index (κ2) is 7.72. The number of hydrogen-bond acceptors (Lipinski definition) is 4. The molecule has 0 aliphatic carbocycles. The molecular formula is C21H20FN3O2. The number of amides is 1. The summed E-state index contributed by atoms with van der Waals surface area (Å²) in [5.74, 6) is -0.450. The monoisotopic (exact) mass is 365 g/mol. The molecule has 5 nitrogen and oxygen atoms in total. The number of carbonyl (C=O) groups excluding carboxylic acids is 1. The highest BCUT2D eigenvalue weighted by Crippen LogP contribution is 2.23. The second-order valence-electron chi connectivity index (χ2n) is 6.61. The number of carbonyl (C=O) groups is 1. The van der Waals surface area contributed by atoms with Crippen LogP contribution in [0.25, 0.3) is 11.3 Å². The minimum absolute atomic E-state index is 0.143. The molecule has 1 amide bonds. The number of halogens is 1. The number of aromatic nitrogens is 1. The maximum absolute atomic E-state index is 13.9. The molecule has 0 saturated carbocycles. The van der Waals surface area contributed by atoms with Gasteiger partial charge in [-0.2, -0.15) is 0 Å². The molecule has 27 heavy (non-hydrogen) atoms. The van der Waals surface area contributed by atoms with Crippen LogP contribution in [0, 0.1) is 5.82 Å². The van der Waals surface area contributed by atoms with E-state index in [2.05, 4.69) is 22.2 Å². The second-order valence-corrected chi connectivity index (χ2v) is 6.61. The summed E-state index contributed by atoms with van der Waals surface area (Å²) >= 11 is 0. The van der Waals surface area contributed by atoms with Gasteiger partial charge in [0.2, 0.25) is 5.76 Å². The van der Waals surface area contributed by atoms with Crippen molar-refractivity contribution in [1.29, 1.82) is 0 Å². The van der Waals surface area contributed by atoms with E-state index in [-0.39, 0.29) is 17.5 Å². The first-order valence-electron chi connectivity index (χ1n) is 8.98. The summed E-state index contributed by atoms with van der Waals surface area (Å²) < 4.78 is 19.1. The van der Waals surface area contributed by atoms with Crippen molar-refractivity contribution in [2.45, 2.75) is 6.54 Å². The summed E-state index contributed by atoms with van der Waals surface area (Å²) in [5.41, 5.74) is 1.93. The summed E-state index contributed by atoms with van der Waals surface area (Å²) in [7, 11) is 0. The fourth-order valence-electron chi connectivity index (χ4n) is 3.28. The van der Waals surface area contributed by atoms with Gasteiger partial charge in [-0.3, -0.25) is 9.69 Å². The molecule has 0 N–H and O–H groups in total. The third-order valence-corrected chi connectivity index (χ3v) is 4.78. The molecule has 4 rings (SSSR count). The molecule has 2 heterocycles. The van der Waals surface area contributed by atoms with E-state index in [1.54, 1.807) is 23.1 Å².